The minimum Gasteiger partial charge on any atom is -0.394 e. The van der Waals surface area contributed by atoms with E-state index in [-0.39, 0.29) is 12.1 Å². The van der Waals surface area contributed by atoms with Crippen LogP contribution in [0.1, 0.15) is 20.8 Å². The van der Waals surface area contributed by atoms with E-state index in [2.05, 4.69) is 43.6 Å². The summed E-state index contributed by atoms with van der Waals surface area (Å²) in [6, 6.07) is 4.56. The van der Waals surface area contributed by atoms with E-state index in [1.165, 1.54) is 4.21 Å². The molecular formula is C11H19NOS2. The molecule has 1 unspecified atom stereocenters. The molecule has 2 N–H and O–H groups in total. The molecule has 0 aliphatic heterocycles. The third-order valence-corrected chi connectivity index (χ3v) is 4.52. The molecule has 0 saturated carbocycles. The molecule has 0 spiro atoms. The van der Waals surface area contributed by atoms with Crippen LogP contribution >= 0.6 is 23.1 Å². The lowest BCUT2D eigenvalue weighted by molar-refractivity contribution is 0.183. The Morgan fingerprint density at radius 3 is 2.80 bits per heavy atom. The van der Waals surface area contributed by atoms with Crippen molar-refractivity contribution in [2.24, 2.45) is 0 Å². The molecule has 2 nitrogen and oxygen atoms in total. The normalized spacial score (nSPS) is 15.5. The molecule has 1 aromatic heterocycles. The van der Waals surface area contributed by atoms with Crippen molar-refractivity contribution in [3.05, 3.63) is 17.5 Å². The molecule has 0 aliphatic carbocycles. The number of nitrogens with one attached hydrogen (secondary N) is 1. The van der Waals surface area contributed by atoms with Gasteiger partial charge in [-0.3, -0.25) is 0 Å². The number of hydrogen-bond donors (Lipinski definition) is 2. The maximum absolute atomic E-state index is 9.39. The third kappa shape index (κ3) is 4.55. The van der Waals surface area contributed by atoms with Gasteiger partial charge in [-0.25, -0.2) is 0 Å². The molecule has 1 aromatic rings. The average Bonchev–Trinajstić information content (AvgIpc) is 2.66. The molecule has 15 heavy (non-hydrogen) atoms. The van der Waals surface area contributed by atoms with E-state index in [1.54, 1.807) is 23.1 Å². The largest absolute Gasteiger partial charge is 0.394 e. The van der Waals surface area contributed by atoms with Crippen LogP contribution in [0.2, 0.25) is 0 Å². The molecular weight excluding hydrogens is 226 g/mol. The van der Waals surface area contributed by atoms with E-state index in [0.717, 1.165) is 5.75 Å². The summed E-state index contributed by atoms with van der Waals surface area (Å²) in [5, 5.41) is 14.9. The molecule has 0 fully saturated rings. The third-order valence-electron chi connectivity index (χ3n) is 2.01. The van der Waals surface area contributed by atoms with Crippen molar-refractivity contribution in [2.75, 3.05) is 12.4 Å². The molecule has 0 aromatic carbocycles. The van der Waals surface area contributed by atoms with Gasteiger partial charge in [-0.1, -0.05) is 19.9 Å². The highest BCUT2D eigenvalue weighted by Crippen LogP contribution is 2.26. The van der Waals surface area contributed by atoms with Gasteiger partial charge in [-0.05, 0) is 18.4 Å². The summed E-state index contributed by atoms with van der Waals surface area (Å²) in [5.74, 6) is 0.891. The maximum atomic E-state index is 9.39. The van der Waals surface area contributed by atoms with E-state index in [0.29, 0.717) is 6.04 Å². The fourth-order valence-corrected chi connectivity index (χ4v) is 3.28. The molecule has 0 aliphatic rings. The lowest BCUT2D eigenvalue weighted by Gasteiger charge is -2.30. The second kappa shape index (κ2) is 5.89. The maximum Gasteiger partial charge on any atom is 0.0618 e. The van der Waals surface area contributed by atoms with Crippen molar-refractivity contribution < 1.29 is 5.11 Å². The lowest BCUT2D eigenvalue weighted by atomic mass is 10.1. The van der Waals surface area contributed by atoms with Crippen LogP contribution in [-0.4, -0.2) is 29.0 Å². The van der Waals surface area contributed by atoms with Crippen LogP contribution < -0.4 is 5.32 Å². The second-order valence-electron chi connectivity index (χ2n) is 4.24. The highest BCUT2D eigenvalue weighted by Gasteiger charge is 2.24. The second-order valence-corrected chi connectivity index (χ2v) is 6.46. The van der Waals surface area contributed by atoms with Gasteiger partial charge in [0.15, 0.2) is 0 Å². The Labute approximate surface area is 100 Å². The summed E-state index contributed by atoms with van der Waals surface area (Å²) < 4.78 is 1.31. The monoisotopic (exact) mass is 245 g/mol. The predicted molar refractivity (Wildman–Crippen MR) is 68.8 cm³/mol. The first-order valence-corrected chi connectivity index (χ1v) is 6.97. The van der Waals surface area contributed by atoms with Gasteiger partial charge < -0.3 is 10.4 Å². The Hall–Kier alpha value is -0.0300. The smallest absolute Gasteiger partial charge is 0.0618 e. The Morgan fingerprint density at radius 2 is 2.33 bits per heavy atom. The Balaban J connectivity index is 2.45. The van der Waals surface area contributed by atoms with E-state index >= 15 is 0 Å². The number of hydrogen-bond acceptors (Lipinski definition) is 4. The molecule has 0 bridgehead atoms. The molecule has 86 valence electrons. The molecule has 1 rings (SSSR count). The number of aliphatic hydroxyl groups is 1. The van der Waals surface area contributed by atoms with Crippen LogP contribution in [0.4, 0.5) is 0 Å². The van der Waals surface area contributed by atoms with E-state index in [4.69, 9.17) is 0 Å². The lowest BCUT2D eigenvalue weighted by Crippen LogP contribution is -2.51. The minimum atomic E-state index is -0.192. The number of rotatable bonds is 6. The van der Waals surface area contributed by atoms with Gasteiger partial charge in [0.2, 0.25) is 0 Å². The quantitative estimate of drug-likeness (QED) is 0.756. The van der Waals surface area contributed by atoms with Crippen molar-refractivity contribution in [3.63, 3.8) is 0 Å². The number of thioether (sulfide) groups is 1. The summed E-state index contributed by atoms with van der Waals surface area (Å²) in [6.45, 7) is 6.44. The van der Waals surface area contributed by atoms with E-state index < -0.39 is 0 Å². The summed E-state index contributed by atoms with van der Waals surface area (Å²) in [4.78, 5) is 0. The van der Waals surface area contributed by atoms with Gasteiger partial charge in [-0.2, -0.15) is 0 Å². The SMILES string of the molecule is CC(C)NC(C)(CO)CSc1cccs1. The topological polar surface area (TPSA) is 32.3 Å². The average molecular weight is 245 g/mol. The molecule has 0 radical (unpaired) electrons. The molecule has 0 amide bonds. The van der Waals surface area contributed by atoms with Crippen molar-refractivity contribution in [2.45, 2.75) is 36.6 Å². The Kier molecular flexibility index (Phi) is 5.12. The molecule has 1 heterocycles. The van der Waals surface area contributed by atoms with Gasteiger partial charge in [0.1, 0.15) is 0 Å². The van der Waals surface area contributed by atoms with Crippen LogP contribution in [-0.2, 0) is 0 Å². The summed E-state index contributed by atoms with van der Waals surface area (Å²) in [5.41, 5.74) is -0.192. The Morgan fingerprint density at radius 1 is 1.60 bits per heavy atom. The molecule has 1 atom stereocenters. The zero-order chi connectivity index (χ0) is 11.3. The van der Waals surface area contributed by atoms with Gasteiger partial charge >= 0.3 is 0 Å². The summed E-state index contributed by atoms with van der Waals surface area (Å²) >= 11 is 3.54. The highest BCUT2D eigenvalue weighted by atomic mass is 32.2. The van der Waals surface area contributed by atoms with Gasteiger partial charge in [0.05, 0.1) is 10.8 Å². The fraction of sp³-hybridized carbons (Fsp3) is 0.636. The van der Waals surface area contributed by atoms with Crippen molar-refractivity contribution in [1.29, 1.82) is 0 Å². The predicted octanol–water partition coefficient (Wildman–Crippen LogP) is 2.59. The van der Waals surface area contributed by atoms with E-state index in [1.807, 2.05) is 0 Å². The molecule has 4 heteroatoms. The van der Waals surface area contributed by atoms with Gasteiger partial charge in [0, 0.05) is 17.3 Å². The van der Waals surface area contributed by atoms with Crippen LogP contribution in [0.25, 0.3) is 0 Å². The first-order chi connectivity index (χ1) is 7.06. The van der Waals surface area contributed by atoms with Crippen molar-refractivity contribution in [1.82, 2.24) is 5.32 Å². The first-order valence-electron chi connectivity index (χ1n) is 5.10. The number of thiophene rings is 1. The van der Waals surface area contributed by atoms with Crippen LogP contribution in [0.5, 0.6) is 0 Å². The van der Waals surface area contributed by atoms with Gasteiger partial charge in [0.25, 0.3) is 0 Å². The van der Waals surface area contributed by atoms with Crippen LogP contribution in [0, 0.1) is 0 Å². The number of aliphatic hydroxyl groups excluding tert-OH is 1. The zero-order valence-electron chi connectivity index (χ0n) is 9.49. The first kappa shape index (κ1) is 13.0. The van der Waals surface area contributed by atoms with E-state index in [9.17, 15) is 5.11 Å². The summed E-state index contributed by atoms with van der Waals surface area (Å²) in [7, 11) is 0. The standard InChI is InChI=1S/C11H19NOS2/c1-9(2)12-11(3,7-13)8-15-10-5-4-6-14-10/h4-6,9,12-13H,7-8H2,1-3H3. The minimum absolute atomic E-state index is 0.170. The van der Waals surface area contributed by atoms with Crippen molar-refractivity contribution in [3.8, 4) is 0 Å². The highest BCUT2D eigenvalue weighted by molar-refractivity contribution is 8.01. The van der Waals surface area contributed by atoms with Gasteiger partial charge in [-0.15, -0.1) is 23.1 Å². The van der Waals surface area contributed by atoms with Crippen LogP contribution in [0.15, 0.2) is 21.7 Å². The van der Waals surface area contributed by atoms with Crippen molar-refractivity contribution >= 4 is 23.1 Å². The zero-order valence-corrected chi connectivity index (χ0v) is 11.1. The fourth-order valence-electron chi connectivity index (χ4n) is 1.41. The van der Waals surface area contributed by atoms with Crippen LogP contribution in [0.3, 0.4) is 0 Å². The Bertz CT molecular complexity index is 274. The summed E-state index contributed by atoms with van der Waals surface area (Å²) in [6.07, 6.45) is 0. The molecule has 0 saturated heterocycles.